The van der Waals surface area contributed by atoms with Crippen molar-refractivity contribution < 1.29 is 27.5 Å². The maximum Gasteiger partial charge on any atom is 0.446 e. The molecule has 0 radical (unpaired) electrons. The van der Waals surface area contributed by atoms with Crippen molar-refractivity contribution in [1.29, 1.82) is 0 Å². The Kier molecular flexibility index (Phi) is 6.50. The van der Waals surface area contributed by atoms with Crippen molar-refractivity contribution in [2.45, 2.75) is 36.3 Å². The molecule has 0 saturated carbocycles. The average molecular weight is 502 g/mol. The van der Waals surface area contributed by atoms with Crippen molar-refractivity contribution in [2.24, 2.45) is 0 Å². The quantitative estimate of drug-likeness (QED) is 0.301. The van der Waals surface area contributed by atoms with Crippen LogP contribution in [0.4, 0.5) is 23.7 Å². The number of thioether (sulfide) groups is 1. The summed E-state index contributed by atoms with van der Waals surface area (Å²) in [7, 11) is 1.58. The molecule has 0 atom stereocenters. The van der Waals surface area contributed by atoms with Crippen molar-refractivity contribution in [1.82, 2.24) is 9.88 Å². The number of methoxy groups -OCH3 is 1. The topological polar surface area (TPSA) is 62.7 Å². The van der Waals surface area contributed by atoms with Gasteiger partial charge in [0, 0.05) is 29.4 Å². The van der Waals surface area contributed by atoms with E-state index in [-0.39, 0.29) is 28.9 Å². The van der Waals surface area contributed by atoms with Crippen LogP contribution in [0.5, 0.6) is 5.75 Å². The van der Waals surface area contributed by atoms with E-state index < -0.39 is 23.0 Å². The number of imide groups is 1. The van der Waals surface area contributed by atoms with Gasteiger partial charge in [-0.05, 0) is 79.2 Å². The van der Waals surface area contributed by atoms with Crippen molar-refractivity contribution in [2.75, 3.05) is 12.0 Å². The number of halogens is 3. The fourth-order valence-electron chi connectivity index (χ4n) is 3.89. The number of ether oxygens (including phenoxy) is 1. The first-order valence-electron chi connectivity index (χ1n) is 10.6. The van der Waals surface area contributed by atoms with Crippen LogP contribution in [0.3, 0.4) is 0 Å². The number of alkyl halides is 3. The summed E-state index contributed by atoms with van der Waals surface area (Å²) in [6.07, 6.45) is 3.31. The van der Waals surface area contributed by atoms with Crippen LogP contribution in [0.1, 0.15) is 19.4 Å². The Balaban J connectivity index is 1.62. The number of hydrogen-bond donors (Lipinski definition) is 0. The van der Waals surface area contributed by atoms with Gasteiger partial charge >= 0.3 is 11.5 Å². The lowest BCUT2D eigenvalue weighted by Gasteiger charge is -2.28. The molecule has 2 aromatic carbocycles. The van der Waals surface area contributed by atoms with Gasteiger partial charge in [-0.1, -0.05) is 12.1 Å². The normalized spacial score (nSPS) is 15.6. The highest BCUT2D eigenvalue weighted by atomic mass is 32.2. The van der Waals surface area contributed by atoms with E-state index in [0.717, 1.165) is 21.6 Å². The minimum atomic E-state index is -4.42. The van der Waals surface area contributed by atoms with E-state index in [1.54, 1.807) is 39.4 Å². The van der Waals surface area contributed by atoms with E-state index >= 15 is 0 Å². The molecule has 1 fully saturated rings. The van der Waals surface area contributed by atoms with Gasteiger partial charge in [0.1, 0.15) is 11.3 Å². The molecular formula is C25H22F3N3O3S. The molecule has 2 heterocycles. The molecule has 0 N–H and O–H groups in total. The summed E-state index contributed by atoms with van der Waals surface area (Å²) in [6.45, 7) is 3.44. The minimum absolute atomic E-state index is 0.0302. The zero-order valence-electron chi connectivity index (χ0n) is 19.2. The Bertz CT molecular complexity index is 1250. The van der Waals surface area contributed by atoms with Crippen LogP contribution < -0.4 is 9.64 Å². The van der Waals surface area contributed by atoms with E-state index in [1.165, 1.54) is 29.2 Å². The Morgan fingerprint density at radius 2 is 1.66 bits per heavy atom. The standard InChI is InChI=1S/C25H22F3N3O3S/c1-24(2)22(32)31(18-6-10-20(11-7-18)35-25(26,27)28)23(33)30(24)15-17-12-13-29-14-21(17)16-4-8-19(34-3)9-5-16/h4-14H,15H2,1-3H3. The van der Waals surface area contributed by atoms with Crippen molar-refractivity contribution in [3.63, 3.8) is 0 Å². The average Bonchev–Trinajstić information content (AvgIpc) is 2.98. The molecule has 1 saturated heterocycles. The monoisotopic (exact) mass is 501 g/mol. The molecule has 1 aromatic heterocycles. The van der Waals surface area contributed by atoms with Crippen LogP contribution in [0.15, 0.2) is 71.9 Å². The van der Waals surface area contributed by atoms with Crippen LogP contribution in [-0.2, 0) is 11.3 Å². The second-order valence-corrected chi connectivity index (χ2v) is 9.51. The summed E-state index contributed by atoms with van der Waals surface area (Å²) in [5, 5.41) is 0. The molecule has 1 aliphatic rings. The third-order valence-electron chi connectivity index (χ3n) is 5.79. The van der Waals surface area contributed by atoms with Gasteiger partial charge in [-0.2, -0.15) is 13.2 Å². The van der Waals surface area contributed by atoms with Gasteiger partial charge in [-0.15, -0.1) is 0 Å². The molecule has 3 amide bonds. The number of benzene rings is 2. The highest BCUT2D eigenvalue weighted by Crippen LogP contribution is 2.39. The lowest BCUT2D eigenvalue weighted by Crippen LogP contribution is -2.43. The molecule has 0 unspecified atom stereocenters. The molecule has 0 spiro atoms. The summed E-state index contributed by atoms with van der Waals surface area (Å²) in [6, 6.07) is 13.8. The number of anilines is 1. The number of carbonyl (C=O) groups is 2. The zero-order chi connectivity index (χ0) is 25.4. The number of amides is 3. The highest BCUT2D eigenvalue weighted by Gasteiger charge is 2.51. The summed E-state index contributed by atoms with van der Waals surface area (Å²) in [5.74, 6) is 0.245. The maximum absolute atomic E-state index is 13.4. The van der Waals surface area contributed by atoms with Gasteiger partial charge in [0.25, 0.3) is 5.91 Å². The van der Waals surface area contributed by atoms with Crippen LogP contribution >= 0.6 is 11.8 Å². The Morgan fingerprint density at radius 1 is 1.00 bits per heavy atom. The highest BCUT2D eigenvalue weighted by molar-refractivity contribution is 8.00. The van der Waals surface area contributed by atoms with E-state index in [0.29, 0.717) is 5.75 Å². The first-order chi connectivity index (χ1) is 16.5. The van der Waals surface area contributed by atoms with Crippen molar-refractivity contribution in [3.05, 3.63) is 72.6 Å². The third kappa shape index (κ3) is 4.97. The minimum Gasteiger partial charge on any atom is -0.497 e. The number of hydrogen-bond acceptors (Lipinski definition) is 5. The molecule has 3 aromatic rings. The smallest absolute Gasteiger partial charge is 0.446 e. The van der Waals surface area contributed by atoms with Gasteiger partial charge in [0.15, 0.2) is 0 Å². The van der Waals surface area contributed by atoms with E-state index in [4.69, 9.17) is 4.74 Å². The maximum atomic E-state index is 13.4. The number of pyridine rings is 1. The predicted molar refractivity (Wildman–Crippen MR) is 127 cm³/mol. The molecule has 10 heteroatoms. The first kappa shape index (κ1) is 24.6. The third-order valence-corrected chi connectivity index (χ3v) is 6.53. The lowest BCUT2D eigenvalue weighted by molar-refractivity contribution is -0.123. The molecule has 35 heavy (non-hydrogen) atoms. The van der Waals surface area contributed by atoms with Gasteiger partial charge in [-0.3, -0.25) is 9.78 Å². The van der Waals surface area contributed by atoms with Crippen molar-refractivity contribution >= 4 is 29.4 Å². The molecule has 0 bridgehead atoms. The van der Waals surface area contributed by atoms with Crippen LogP contribution in [0.2, 0.25) is 0 Å². The van der Waals surface area contributed by atoms with E-state index in [1.807, 2.05) is 24.3 Å². The van der Waals surface area contributed by atoms with Gasteiger partial charge in [0.05, 0.1) is 12.8 Å². The van der Waals surface area contributed by atoms with Crippen LogP contribution in [0, 0.1) is 0 Å². The largest absolute Gasteiger partial charge is 0.497 e. The fourth-order valence-corrected chi connectivity index (χ4v) is 4.43. The fraction of sp³-hybridized carbons (Fsp3) is 0.240. The summed E-state index contributed by atoms with van der Waals surface area (Å²) >= 11 is -0.255. The van der Waals surface area contributed by atoms with Crippen LogP contribution in [-0.4, -0.2) is 40.0 Å². The molecule has 1 aliphatic heterocycles. The van der Waals surface area contributed by atoms with E-state index in [9.17, 15) is 22.8 Å². The Morgan fingerprint density at radius 3 is 2.26 bits per heavy atom. The summed E-state index contributed by atoms with van der Waals surface area (Å²) in [4.78, 5) is 33.3. The molecule has 0 aliphatic carbocycles. The SMILES string of the molecule is COc1ccc(-c2cnccc2CN2C(=O)N(c3ccc(SC(F)(F)F)cc3)C(=O)C2(C)C)cc1. The molecule has 182 valence electrons. The van der Waals surface area contributed by atoms with Crippen molar-refractivity contribution in [3.8, 4) is 16.9 Å². The number of aromatic nitrogens is 1. The molecular weight excluding hydrogens is 479 g/mol. The summed E-state index contributed by atoms with van der Waals surface area (Å²) < 4.78 is 43.2. The molecule has 6 nitrogen and oxygen atoms in total. The Hall–Kier alpha value is -3.53. The second kappa shape index (κ2) is 9.26. The predicted octanol–water partition coefficient (Wildman–Crippen LogP) is 6.12. The second-order valence-electron chi connectivity index (χ2n) is 8.37. The zero-order valence-corrected chi connectivity index (χ0v) is 20.0. The van der Waals surface area contributed by atoms with Gasteiger partial charge in [0.2, 0.25) is 0 Å². The first-order valence-corrected chi connectivity index (χ1v) is 11.4. The van der Waals surface area contributed by atoms with Crippen LogP contribution in [0.25, 0.3) is 11.1 Å². The molecule has 4 rings (SSSR count). The number of nitrogens with zero attached hydrogens (tertiary/aromatic N) is 3. The lowest BCUT2D eigenvalue weighted by atomic mass is 9.99. The Labute approximate surface area is 204 Å². The van der Waals surface area contributed by atoms with Gasteiger partial charge in [-0.25, -0.2) is 9.69 Å². The number of rotatable bonds is 6. The summed E-state index contributed by atoms with van der Waals surface area (Å²) in [5.41, 5.74) is -2.91. The van der Waals surface area contributed by atoms with Gasteiger partial charge < -0.3 is 9.64 Å². The van der Waals surface area contributed by atoms with E-state index in [2.05, 4.69) is 4.98 Å². The number of carbonyl (C=O) groups excluding carboxylic acids is 2. The number of urea groups is 1.